The molecule has 0 spiro atoms. The van der Waals surface area contributed by atoms with Gasteiger partial charge in [0.15, 0.2) is 16.7 Å². The molecule has 1 fully saturated rings. The minimum absolute atomic E-state index is 0.0935. The minimum atomic E-state index is -0.979. The zero-order valence-electron chi connectivity index (χ0n) is 18.5. The Hall–Kier alpha value is -4.18. The van der Waals surface area contributed by atoms with Gasteiger partial charge in [-0.25, -0.2) is 9.97 Å². The van der Waals surface area contributed by atoms with Gasteiger partial charge in [0.2, 0.25) is 0 Å². The van der Waals surface area contributed by atoms with Crippen LogP contribution >= 0.6 is 11.3 Å². The molecule has 0 bridgehead atoms. The Balaban J connectivity index is 1.77. The van der Waals surface area contributed by atoms with Gasteiger partial charge in [0.1, 0.15) is 11.3 Å². The van der Waals surface area contributed by atoms with E-state index in [-0.39, 0.29) is 22.2 Å². The van der Waals surface area contributed by atoms with Crippen LogP contribution in [0.5, 0.6) is 0 Å². The average molecular weight is 474 g/mol. The van der Waals surface area contributed by atoms with Crippen LogP contribution in [0.2, 0.25) is 0 Å². The molecule has 9 nitrogen and oxygen atoms in total. The quantitative estimate of drug-likeness (QED) is 0.208. The van der Waals surface area contributed by atoms with Crippen molar-refractivity contribution in [2.45, 2.75) is 26.8 Å². The molecular formula is C24H19N5O4S. The van der Waals surface area contributed by atoms with Gasteiger partial charge in [0.25, 0.3) is 5.78 Å². The highest BCUT2D eigenvalue weighted by Crippen LogP contribution is 2.44. The fourth-order valence-electron chi connectivity index (χ4n) is 4.22. The predicted octanol–water partition coefficient (Wildman–Crippen LogP) is 3.63. The number of anilines is 1. The number of fused-ring (bicyclic) bond motifs is 1. The normalized spacial score (nSPS) is 17.6. The summed E-state index contributed by atoms with van der Waals surface area (Å²) in [6.45, 7) is 4.82. The van der Waals surface area contributed by atoms with E-state index in [1.54, 1.807) is 54.9 Å². The summed E-state index contributed by atoms with van der Waals surface area (Å²) in [5, 5.41) is 11.6. The van der Waals surface area contributed by atoms with Crippen LogP contribution in [0.25, 0.3) is 11.4 Å². The Kier molecular flexibility index (Phi) is 5.09. The molecule has 170 valence electrons. The molecule has 1 atom stereocenters. The molecule has 1 N–H and O–H groups in total. The second kappa shape index (κ2) is 7.99. The smallest absolute Gasteiger partial charge is 0.301 e. The number of hydrogen-bond acceptors (Lipinski definition) is 8. The standard InChI is InChI=1S/C24H19N5O4S/c1-12-18(28-10-5-4-8-16(28)26-12)20(31)17-19(15-7-6-9-25-11-15)29(23(33)21(17)32)24-27-13(2)22(34-24)14(3)30/h4-11,19,31H,1-3H3/b20-17+. The zero-order chi connectivity index (χ0) is 24.1. The molecule has 5 heterocycles. The lowest BCUT2D eigenvalue weighted by atomic mass is 9.97. The lowest BCUT2D eigenvalue weighted by molar-refractivity contribution is -0.132. The van der Waals surface area contributed by atoms with Crippen molar-refractivity contribution in [2.75, 3.05) is 4.90 Å². The highest BCUT2D eigenvalue weighted by atomic mass is 32.1. The number of aromatic nitrogens is 4. The van der Waals surface area contributed by atoms with E-state index in [1.165, 1.54) is 18.0 Å². The summed E-state index contributed by atoms with van der Waals surface area (Å²) in [6, 6.07) is 7.80. The number of nitrogens with zero attached hydrogens (tertiary/aromatic N) is 5. The predicted molar refractivity (Wildman–Crippen MR) is 126 cm³/mol. The molecule has 10 heteroatoms. The molecule has 1 amide bonds. The van der Waals surface area contributed by atoms with Crippen LogP contribution < -0.4 is 4.90 Å². The van der Waals surface area contributed by atoms with Gasteiger partial charge in [0, 0.05) is 25.5 Å². The highest BCUT2D eigenvalue weighted by molar-refractivity contribution is 7.18. The van der Waals surface area contributed by atoms with Crippen LogP contribution in [0.3, 0.4) is 0 Å². The van der Waals surface area contributed by atoms with Crippen molar-refractivity contribution in [3.05, 3.63) is 82.0 Å². The molecular weight excluding hydrogens is 454 g/mol. The topological polar surface area (TPSA) is 118 Å². The number of thiazole rings is 1. The molecule has 1 unspecified atom stereocenters. The lowest BCUT2D eigenvalue weighted by Gasteiger charge is -2.22. The molecule has 34 heavy (non-hydrogen) atoms. The van der Waals surface area contributed by atoms with Gasteiger partial charge in [-0.3, -0.25) is 28.7 Å². The molecule has 5 rings (SSSR count). The summed E-state index contributed by atoms with van der Waals surface area (Å²) in [5.74, 6) is -2.22. The van der Waals surface area contributed by atoms with Gasteiger partial charge in [-0.1, -0.05) is 23.5 Å². The number of carbonyl (C=O) groups is 3. The number of amides is 1. The maximum absolute atomic E-state index is 13.3. The van der Waals surface area contributed by atoms with Gasteiger partial charge in [-0.15, -0.1) is 0 Å². The average Bonchev–Trinajstić information content (AvgIpc) is 3.45. The van der Waals surface area contributed by atoms with Gasteiger partial charge in [0.05, 0.1) is 27.9 Å². The molecule has 1 saturated heterocycles. The van der Waals surface area contributed by atoms with Crippen molar-refractivity contribution in [1.82, 2.24) is 19.4 Å². The Labute approximate surface area is 198 Å². The molecule has 0 aliphatic carbocycles. The van der Waals surface area contributed by atoms with E-state index in [4.69, 9.17) is 0 Å². The van der Waals surface area contributed by atoms with Gasteiger partial charge >= 0.3 is 5.91 Å². The van der Waals surface area contributed by atoms with Crippen LogP contribution in [0.1, 0.15) is 45.3 Å². The third-order valence-electron chi connectivity index (χ3n) is 5.68. The van der Waals surface area contributed by atoms with Gasteiger partial charge in [-0.2, -0.15) is 0 Å². The number of aliphatic hydroxyl groups excluding tert-OH is 1. The van der Waals surface area contributed by atoms with Crippen molar-refractivity contribution in [1.29, 1.82) is 0 Å². The van der Waals surface area contributed by atoms with Gasteiger partial charge < -0.3 is 5.11 Å². The third kappa shape index (κ3) is 3.22. The SMILES string of the molecule is CC(=O)c1sc(N2C(=O)C(=O)/C(=C(/O)c3c(C)nc4ccccn34)C2c2cccnc2)nc1C. The molecule has 0 radical (unpaired) electrons. The largest absolute Gasteiger partial charge is 0.505 e. The third-order valence-corrected chi connectivity index (χ3v) is 6.94. The summed E-state index contributed by atoms with van der Waals surface area (Å²) >= 11 is 1.04. The minimum Gasteiger partial charge on any atom is -0.505 e. The first-order chi connectivity index (χ1) is 16.3. The van der Waals surface area contributed by atoms with Crippen LogP contribution in [0.4, 0.5) is 5.13 Å². The summed E-state index contributed by atoms with van der Waals surface area (Å²) in [7, 11) is 0. The molecule has 1 aliphatic heterocycles. The Morgan fingerprint density at radius 1 is 1.09 bits per heavy atom. The fourth-order valence-corrected chi connectivity index (χ4v) is 5.21. The second-order valence-electron chi connectivity index (χ2n) is 7.90. The van der Waals surface area contributed by atoms with Crippen LogP contribution in [-0.4, -0.2) is 41.9 Å². The number of imidazole rings is 1. The van der Waals surface area contributed by atoms with Crippen molar-refractivity contribution < 1.29 is 19.5 Å². The van der Waals surface area contributed by atoms with E-state index in [1.807, 2.05) is 6.07 Å². The number of aryl methyl sites for hydroxylation is 2. The number of rotatable bonds is 4. The van der Waals surface area contributed by atoms with Crippen LogP contribution in [-0.2, 0) is 9.59 Å². The first kappa shape index (κ1) is 21.7. The van der Waals surface area contributed by atoms with E-state index in [2.05, 4.69) is 15.0 Å². The second-order valence-corrected chi connectivity index (χ2v) is 8.87. The number of ketones is 2. The zero-order valence-corrected chi connectivity index (χ0v) is 19.3. The number of carbonyl (C=O) groups excluding carboxylic acids is 3. The Morgan fingerprint density at radius 3 is 2.56 bits per heavy atom. The monoisotopic (exact) mass is 473 g/mol. The van der Waals surface area contributed by atoms with Crippen LogP contribution in [0, 0.1) is 13.8 Å². The molecule has 0 aromatic carbocycles. The van der Waals surface area contributed by atoms with Crippen molar-refractivity contribution in [2.24, 2.45) is 0 Å². The summed E-state index contributed by atoms with van der Waals surface area (Å²) < 4.78 is 1.67. The lowest BCUT2D eigenvalue weighted by Crippen LogP contribution is -2.29. The first-order valence-corrected chi connectivity index (χ1v) is 11.2. The van der Waals surface area contributed by atoms with Gasteiger partial charge in [-0.05, 0) is 37.6 Å². The van der Waals surface area contributed by atoms with Crippen molar-refractivity contribution in [3.8, 4) is 0 Å². The number of Topliss-reactive ketones (excluding diaryl/α,β-unsaturated/α-hetero) is 2. The van der Waals surface area contributed by atoms with Crippen molar-refractivity contribution in [3.63, 3.8) is 0 Å². The first-order valence-electron chi connectivity index (χ1n) is 10.4. The van der Waals surface area contributed by atoms with E-state index >= 15 is 0 Å². The maximum Gasteiger partial charge on any atom is 0.301 e. The number of hydrogen-bond donors (Lipinski definition) is 1. The fraction of sp³-hybridized carbons (Fsp3) is 0.167. The highest BCUT2D eigenvalue weighted by Gasteiger charge is 2.49. The van der Waals surface area contributed by atoms with E-state index < -0.39 is 17.7 Å². The van der Waals surface area contributed by atoms with Crippen LogP contribution in [0.15, 0.2) is 54.5 Å². The molecule has 0 saturated carbocycles. The molecule has 4 aromatic rings. The Morgan fingerprint density at radius 2 is 1.88 bits per heavy atom. The summed E-state index contributed by atoms with van der Waals surface area (Å²) in [5.41, 5.74) is 2.31. The van der Waals surface area contributed by atoms with E-state index in [0.717, 1.165) is 11.3 Å². The van der Waals surface area contributed by atoms with E-state index in [0.29, 0.717) is 33.2 Å². The maximum atomic E-state index is 13.3. The number of aliphatic hydroxyl groups is 1. The van der Waals surface area contributed by atoms with E-state index in [9.17, 15) is 19.5 Å². The summed E-state index contributed by atoms with van der Waals surface area (Å²) in [4.78, 5) is 53.3. The van der Waals surface area contributed by atoms with Crippen molar-refractivity contribution >= 4 is 45.3 Å². The summed E-state index contributed by atoms with van der Waals surface area (Å²) in [6.07, 6.45) is 4.83. The molecule has 4 aromatic heterocycles. The molecule has 1 aliphatic rings. The Bertz CT molecular complexity index is 1520. The number of pyridine rings is 2.